The maximum absolute atomic E-state index is 12.8. The first-order chi connectivity index (χ1) is 17.3. The molecular weight excluding hydrogens is 480 g/mol. The number of benzene rings is 1. The minimum absolute atomic E-state index is 0.200. The van der Waals surface area contributed by atoms with Gasteiger partial charge in [0.25, 0.3) is 0 Å². The number of rotatable bonds is 9. The molecular formula is C25H26N6O4S. The van der Waals surface area contributed by atoms with Gasteiger partial charge in [0, 0.05) is 36.6 Å². The fourth-order valence-electron chi connectivity index (χ4n) is 4.35. The van der Waals surface area contributed by atoms with Crippen molar-refractivity contribution in [1.82, 2.24) is 24.8 Å². The SMILES string of the molecule is Cc1cc(-n2cc(CNCC(NS(=O)(=O)C3CC3)c3ccc4c(c3C)COC4=O)cn2)ncc1C#N. The second kappa shape index (κ2) is 9.46. The van der Waals surface area contributed by atoms with Crippen molar-refractivity contribution in [3.8, 4) is 11.9 Å². The second-order valence-electron chi connectivity index (χ2n) is 9.19. The van der Waals surface area contributed by atoms with Gasteiger partial charge in [-0.2, -0.15) is 10.4 Å². The second-order valence-corrected chi connectivity index (χ2v) is 11.2. The van der Waals surface area contributed by atoms with Gasteiger partial charge in [0.2, 0.25) is 10.0 Å². The largest absolute Gasteiger partial charge is 0.457 e. The molecule has 1 aliphatic heterocycles. The Kier molecular flexibility index (Phi) is 6.34. The molecule has 186 valence electrons. The maximum atomic E-state index is 12.8. The van der Waals surface area contributed by atoms with Gasteiger partial charge in [-0.05, 0) is 55.5 Å². The van der Waals surface area contributed by atoms with Crippen LogP contribution in [0, 0.1) is 25.2 Å². The summed E-state index contributed by atoms with van der Waals surface area (Å²) >= 11 is 0. The van der Waals surface area contributed by atoms with Gasteiger partial charge in [0.15, 0.2) is 5.82 Å². The summed E-state index contributed by atoms with van der Waals surface area (Å²) in [5.74, 6) is 0.259. The summed E-state index contributed by atoms with van der Waals surface area (Å²) in [6.07, 6.45) is 6.42. The number of carbonyl (C=O) groups is 1. The topological polar surface area (TPSA) is 139 Å². The predicted octanol–water partition coefficient (Wildman–Crippen LogP) is 2.34. The maximum Gasteiger partial charge on any atom is 0.338 e. The zero-order valence-corrected chi connectivity index (χ0v) is 20.8. The summed E-state index contributed by atoms with van der Waals surface area (Å²) < 4.78 is 35.2. The van der Waals surface area contributed by atoms with E-state index in [1.807, 2.05) is 20.0 Å². The highest BCUT2D eigenvalue weighted by Crippen LogP contribution is 2.32. The smallest absolute Gasteiger partial charge is 0.338 e. The molecule has 3 heterocycles. The van der Waals surface area contributed by atoms with Crippen molar-refractivity contribution in [1.29, 1.82) is 5.26 Å². The molecule has 2 aromatic heterocycles. The van der Waals surface area contributed by atoms with Crippen LogP contribution >= 0.6 is 0 Å². The van der Waals surface area contributed by atoms with E-state index in [2.05, 4.69) is 26.2 Å². The first-order valence-corrected chi connectivity index (χ1v) is 13.2. The number of fused-ring (bicyclic) bond motifs is 1. The van der Waals surface area contributed by atoms with E-state index in [0.717, 1.165) is 27.8 Å². The number of aryl methyl sites for hydroxylation is 1. The Morgan fingerprint density at radius 2 is 2.08 bits per heavy atom. The summed E-state index contributed by atoms with van der Waals surface area (Å²) in [7, 11) is -3.45. The molecule has 5 rings (SSSR count). The molecule has 36 heavy (non-hydrogen) atoms. The zero-order valence-electron chi connectivity index (χ0n) is 20.0. The molecule has 1 saturated carbocycles. The molecule has 0 amide bonds. The van der Waals surface area contributed by atoms with Gasteiger partial charge in [-0.25, -0.2) is 27.6 Å². The number of aromatic nitrogens is 3. The van der Waals surface area contributed by atoms with E-state index in [0.29, 0.717) is 42.9 Å². The third kappa shape index (κ3) is 4.75. The Morgan fingerprint density at radius 3 is 2.81 bits per heavy atom. The number of esters is 1. The number of ether oxygens (including phenoxy) is 1. The van der Waals surface area contributed by atoms with Crippen LogP contribution in [0.4, 0.5) is 0 Å². The van der Waals surface area contributed by atoms with Gasteiger partial charge in [-0.1, -0.05) is 6.07 Å². The summed E-state index contributed by atoms with van der Waals surface area (Å²) in [6.45, 7) is 4.75. The monoisotopic (exact) mass is 506 g/mol. The summed E-state index contributed by atoms with van der Waals surface area (Å²) in [5, 5.41) is 16.5. The molecule has 1 aliphatic carbocycles. The van der Waals surface area contributed by atoms with Crippen molar-refractivity contribution in [3.63, 3.8) is 0 Å². The fraction of sp³-hybridized carbons (Fsp3) is 0.360. The quantitative estimate of drug-likeness (QED) is 0.422. The van der Waals surface area contributed by atoms with Crippen LogP contribution in [0.1, 0.15) is 62.6 Å². The number of nitrogens with one attached hydrogen (secondary N) is 2. The Bertz CT molecular complexity index is 1490. The number of sulfonamides is 1. The molecule has 1 atom stereocenters. The number of nitrogens with zero attached hydrogens (tertiary/aromatic N) is 4. The van der Waals surface area contributed by atoms with E-state index in [4.69, 9.17) is 10.00 Å². The van der Waals surface area contributed by atoms with Crippen molar-refractivity contribution in [2.24, 2.45) is 0 Å². The number of hydrogen-bond donors (Lipinski definition) is 2. The van der Waals surface area contributed by atoms with E-state index < -0.39 is 16.1 Å². The van der Waals surface area contributed by atoms with Crippen LogP contribution in [-0.2, 0) is 27.9 Å². The number of pyridine rings is 1. The molecule has 1 fully saturated rings. The standard InChI is InChI=1S/C25H26N6O4S/c1-15-7-24(28-11-18(15)8-26)31-13-17(10-29-31)9-27-12-23(30-36(33,34)19-3-4-19)20-5-6-21-22(16(20)2)14-35-25(21)32/h5-7,10-11,13,19,23,27,30H,3-4,9,12,14H2,1-2H3. The number of carbonyl (C=O) groups excluding carboxylic acids is 1. The number of cyclic esters (lactones) is 1. The van der Waals surface area contributed by atoms with Gasteiger partial charge in [-0.15, -0.1) is 0 Å². The van der Waals surface area contributed by atoms with Gasteiger partial charge < -0.3 is 10.1 Å². The minimum Gasteiger partial charge on any atom is -0.457 e. The molecule has 11 heteroatoms. The molecule has 0 bridgehead atoms. The molecule has 10 nitrogen and oxygen atoms in total. The molecule has 1 unspecified atom stereocenters. The first-order valence-electron chi connectivity index (χ1n) is 11.7. The molecule has 3 aromatic rings. The normalized spacial score (nSPS) is 15.9. The lowest BCUT2D eigenvalue weighted by atomic mass is 9.94. The highest BCUT2D eigenvalue weighted by molar-refractivity contribution is 7.90. The van der Waals surface area contributed by atoms with Crippen molar-refractivity contribution >= 4 is 16.0 Å². The van der Waals surface area contributed by atoms with Crippen molar-refractivity contribution in [2.45, 2.75) is 51.1 Å². The zero-order chi connectivity index (χ0) is 25.4. The minimum atomic E-state index is -3.45. The Balaban J connectivity index is 1.32. The van der Waals surface area contributed by atoms with Crippen LogP contribution < -0.4 is 10.0 Å². The summed E-state index contributed by atoms with van der Waals surface area (Å²) in [6, 6.07) is 6.92. The van der Waals surface area contributed by atoms with Gasteiger partial charge in [0.05, 0.1) is 28.6 Å². The lowest BCUT2D eigenvalue weighted by Gasteiger charge is -2.22. The number of nitriles is 1. The molecule has 0 saturated heterocycles. The van der Waals surface area contributed by atoms with Crippen LogP contribution in [0.3, 0.4) is 0 Å². The summed E-state index contributed by atoms with van der Waals surface area (Å²) in [4.78, 5) is 16.2. The molecule has 0 radical (unpaired) electrons. The lowest BCUT2D eigenvalue weighted by Crippen LogP contribution is -2.37. The van der Waals surface area contributed by atoms with E-state index in [1.165, 1.54) is 6.20 Å². The third-order valence-electron chi connectivity index (χ3n) is 6.62. The fourth-order valence-corrected chi connectivity index (χ4v) is 5.91. The predicted molar refractivity (Wildman–Crippen MR) is 131 cm³/mol. The molecule has 2 aliphatic rings. The molecule has 2 N–H and O–H groups in total. The van der Waals surface area contributed by atoms with E-state index in [1.54, 1.807) is 29.1 Å². The van der Waals surface area contributed by atoms with Crippen molar-refractivity contribution in [2.75, 3.05) is 6.54 Å². The Labute approximate surface area is 209 Å². The summed E-state index contributed by atoms with van der Waals surface area (Å²) in [5.41, 5.74) is 5.25. The van der Waals surface area contributed by atoms with Gasteiger partial charge in [-0.3, -0.25) is 0 Å². The van der Waals surface area contributed by atoms with Crippen LogP contribution in [0.2, 0.25) is 0 Å². The average Bonchev–Trinajstić information content (AvgIpc) is 3.51. The van der Waals surface area contributed by atoms with Crippen LogP contribution in [0.25, 0.3) is 5.82 Å². The van der Waals surface area contributed by atoms with Crippen LogP contribution in [-0.4, -0.2) is 40.9 Å². The molecule has 1 aromatic carbocycles. The van der Waals surface area contributed by atoms with Crippen LogP contribution in [0.5, 0.6) is 0 Å². The van der Waals surface area contributed by atoms with Gasteiger partial charge >= 0.3 is 5.97 Å². The average molecular weight is 507 g/mol. The van der Waals surface area contributed by atoms with E-state index in [9.17, 15) is 13.2 Å². The number of hydrogen-bond acceptors (Lipinski definition) is 8. The van der Waals surface area contributed by atoms with Crippen molar-refractivity contribution in [3.05, 3.63) is 75.7 Å². The van der Waals surface area contributed by atoms with Crippen LogP contribution in [0.15, 0.2) is 36.8 Å². The third-order valence-corrected chi connectivity index (χ3v) is 8.58. The van der Waals surface area contributed by atoms with Crippen molar-refractivity contribution < 1.29 is 17.9 Å². The van der Waals surface area contributed by atoms with Gasteiger partial charge in [0.1, 0.15) is 12.7 Å². The Morgan fingerprint density at radius 1 is 1.28 bits per heavy atom. The Hall–Kier alpha value is -3.59. The van der Waals surface area contributed by atoms with E-state index >= 15 is 0 Å². The first kappa shape index (κ1) is 24.1. The molecule has 0 spiro atoms. The van der Waals surface area contributed by atoms with E-state index in [-0.39, 0.29) is 17.8 Å². The highest BCUT2D eigenvalue weighted by atomic mass is 32.2. The lowest BCUT2D eigenvalue weighted by molar-refractivity contribution is 0.0535. The highest BCUT2D eigenvalue weighted by Gasteiger charge is 2.38.